The molecule has 0 unspecified atom stereocenters. The van der Waals surface area contributed by atoms with E-state index in [4.69, 9.17) is 17.2 Å². The Kier molecular flexibility index (Phi) is 21.5. The van der Waals surface area contributed by atoms with E-state index < -0.39 is 120 Å². The number of benzene rings is 1. The molecule has 3 rings (SSSR count). The molecule has 1 aliphatic heterocycles. The van der Waals surface area contributed by atoms with Crippen LogP contribution in [0.1, 0.15) is 58.9 Å². The van der Waals surface area contributed by atoms with E-state index in [0.29, 0.717) is 22.9 Å². The van der Waals surface area contributed by atoms with Crippen molar-refractivity contribution in [1.29, 1.82) is 0 Å². The van der Waals surface area contributed by atoms with Gasteiger partial charge in [0.15, 0.2) is 5.96 Å². The number of carbonyl (C=O) groups excluding carboxylic acids is 9. The molecule has 0 bridgehead atoms. The van der Waals surface area contributed by atoms with Gasteiger partial charge in [-0.15, -0.1) is 0 Å². The molecule has 16 N–H and O–H groups in total. The number of hydrogen-bond acceptors (Lipinski definition) is 13. The fourth-order valence-corrected chi connectivity index (χ4v) is 8.78. The van der Waals surface area contributed by atoms with E-state index in [2.05, 4.69) is 52.5 Å². The predicted octanol–water partition coefficient (Wildman–Crippen LogP) is -3.29. The molecule has 1 saturated heterocycles. The zero-order chi connectivity index (χ0) is 49.1. The first-order chi connectivity index (χ1) is 31.2. The molecular formula is C40H59N13O11S2. The highest BCUT2D eigenvalue weighted by atomic mass is 33.1. The number of aliphatic imine (C=N–C) groups is 1. The van der Waals surface area contributed by atoms with Crippen LogP contribution in [0.3, 0.4) is 0 Å². The average molecular weight is 962 g/mol. The largest absolute Gasteiger partial charge is 0.481 e. The van der Waals surface area contributed by atoms with Gasteiger partial charge in [0, 0.05) is 48.5 Å². The number of carbonyl (C=O) groups is 10. The van der Waals surface area contributed by atoms with Crippen LogP contribution in [0.4, 0.5) is 0 Å². The van der Waals surface area contributed by atoms with Crippen LogP contribution in [0.25, 0.3) is 10.9 Å². The Balaban J connectivity index is 2.03. The van der Waals surface area contributed by atoms with Gasteiger partial charge in [0.25, 0.3) is 0 Å². The molecule has 0 aliphatic carbocycles. The number of rotatable bonds is 12. The third kappa shape index (κ3) is 17.4. The number of aliphatic carboxylic acids is 1. The van der Waals surface area contributed by atoms with Crippen LogP contribution in [-0.4, -0.2) is 142 Å². The van der Waals surface area contributed by atoms with Crippen molar-refractivity contribution in [2.75, 3.05) is 24.6 Å². The molecule has 362 valence electrons. The van der Waals surface area contributed by atoms with E-state index in [-0.39, 0.29) is 43.3 Å². The molecular weight excluding hydrogens is 903 g/mol. The number of H-pyrrole nitrogens is 1. The molecule has 1 aromatic heterocycles. The highest BCUT2D eigenvalue weighted by molar-refractivity contribution is 8.76. The number of carboxylic acids is 1. The van der Waals surface area contributed by atoms with Gasteiger partial charge in [-0.25, -0.2) is 0 Å². The molecule has 1 aliphatic rings. The zero-order valence-electron chi connectivity index (χ0n) is 36.9. The number of nitrogens with two attached hydrogens (primary N) is 3. The van der Waals surface area contributed by atoms with Gasteiger partial charge in [0.1, 0.15) is 42.3 Å². The number of fused-ring (bicyclic) bond motifs is 1. The van der Waals surface area contributed by atoms with E-state index in [0.717, 1.165) is 21.6 Å². The summed E-state index contributed by atoms with van der Waals surface area (Å²) in [6.45, 7) is 5.22. The van der Waals surface area contributed by atoms with Crippen molar-refractivity contribution in [2.24, 2.45) is 28.1 Å². The molecule has 8 atom stereocenters. The van der Waals surface area contributed by atoms with Crippen LogP contribution in [-0.2, 0) is 54.4 Å². The van der Waals surface area contributed by atoms with Crippen LogP contribution in [0.2, 0.25) is 0 Å². The Hall–Kier alpha value is -6.57. The normalized spacial score (nSPS) is 24.2. The smallest absolute Gasteiger partial charge is 0.305 e. The maximum absolute atomic E-state index is 14.0. The van der Waals surface area contributed by atoms with Gasteiger partial charge in [-0.05, 0) is 37.3 Å². The third-order valence-corrected chi connectivity index (χ3v) is 12.6. The monoisotopic (exact) mass is 961 g/mol. The van der Waals surface area contributed by atoms with Gasteiger partial charge in [-0.1, -0.05) is 60.1 Å². The van der Waals surface area contributed by atoms with Crippen molar-refractivity contribution in [3.8, 4) is 0 Å². The Bertz CT molecular complexity index is 2130. The summed E-state index contributed by atoms with van der Waals surface area (Å²) >= 11 is 0. The molecule has 0 spiro atoms. The van der Waals surface area contributed by atoms with E-state index in [1.807, 2.05) is 0 Å². The average Bonchev–Trinajstić information content (AvgIpc) is 3.66. The number of aromatic nitrogens is 1. The number of hydrogen-bond donors (Lipinski definition) is 13. The summed E-state index contributed by atoms with van der Waals surface area (Å²) in [6.07, 6.45) is 0.963. The summed E-state index contributed by atoms with van der Waals surface area (Å²) in [5, 5.41) is 30.4. The van der Waals surface area contributed by atoms with Crippen molar-refractivity contribution in [3.63, 3.8) is 0 Å². The maximum atomic E-state index is 14.0. The Morgan fingerprint density at radius 3 is 2.14 bits per heavy atom. The SMILES string of the molecule is CC[C@H](C)[C@@H]1NC(=O)CNC(=O)[C@H](CCCN=C(N)N)NC(=O)[C@H](C)NC(=O)[C@@H](NC(C)=O)CSSC[C@@H](C(N)=O)NC(=O)[C@H](Cc2c[nH]c3ccccc23)NC(=O)[C@H](CC(=O)O)NC1=O. The van der Waals surface area contributed by atoms with Crippen LogP contribution < -0.4 is 59.7 Å². The quantitative estimate of drug-likeness (QED) is 0.0429. The number of guanidine groups is 1. The van der Waals surface area contributed by atoms with Crippen molar-refractivity contribution < 1.29 is 53.1 Å². The van der Waals surface area contributed by atoms with Crippen molar-refractivity contribution in [1.82, 2.24) is 47.5 Å². The second-order valence-corrected chi connectivity index (χ2v) is 18.0. The van der Waals surface area contributed by atoms with Crippen molar-refractivity contribution >= 4 is 97.6 Å². The Morgan fingerprint density at radius 2 is 1.48 bits per heavy atom. The molecule has 2 aromatic rings. The summed E-state index contributed by atoms with van der Waals surface area (Å²) in [7, 11) is 2.03. The maximum Gasteiger partial charge on any atom is 0.305 e. The van der Waals surface area contributed by atoms with Crippen molar-refractivity contribution in [3.05, 3.63) is 36.0 Å². The number of para-hydroxylation sites is 1. The second kappa shape index (κ2) is 26.4. The molecule has 1 fully saturated rings. The third-order valence-electron chi connectivity index (χ3n) is 10.2. The topological polar surface area (TPSA) is 393 Å². The number of nitrogens with zero attached hydrogens (tertiary/aromatic N) is 1. The molecule has 66 heavy (non-hydrogen) atoms. The minimum absolute atomic E-state index is 0.0284. The van der Waals surface area contributed by atoms with Crippen LogP contribution in [0.5, 0.6) is 0 Å². The first kappa shape index (κ1) is 53.8. The number of amides is 9. The first-order valence-electron chi connectivity index (χ1n) is 20.9. The zero-order valence-corrected chi connectivity index (χ0v) is 38.5. The molecule has 2 heterocycles. The van der Waals surface area contributed by atoms with Crippen LogP contribution >= 0.6 is 21.6 Å². The molecule has 1 aromatic carbocycles. The summed E-state index contributed by atoms with van der Waals surface area (Å²) in [5.41, 5.74) is 17.8. The lowest BCUT2D eigenvalue weighted by atomic mass is 9.97. The van der Waals surface area contributed by atoms with Crippen LogP contribution in [0.15, 0.2) is 35.5 Å². The minimum Gasteiger partial charge on any atom is -0.481 e. The first-order valence-corrected chi connectivity index (χ1v) is 23.4. The number of carboxylic acid groups (broad SMARTS) is 1. The Labute approximate surface area is 387 Å². The predicted molar refractivity (Wildman–Crippen MR) is 246 cm³/mol. The van der Waals surface area contributed by atoms with Gasteiger partial charge in [-0.3, -0.25) is 52.9 Å². The summed E-state index contributed by atoms with van der Waals surface area (Å²) < 4.78 is 0. The van der Waals surface area contributed by atoms with Gasteiger partial charge in [-0.2, -0.15) is 0 Å². The summed E-state index contributed by atoms with van der Waals surface area (Å²) in [4.78, 5) is 139. The molecule has 0 saturated carbocycles. The standard InChI is InChI=1S/C40H59N13O11S2/c1-5-19(2)32-39(64)51-27(14-31(56)57)37(62)50-26(13-22-15-45-24-10-7-6-9-23(22)24)36(61)52-28(33(41)58)17-65-66-18-29(48-21(4)54)38(63)47-20(3)34(59)49-25(11-8-12-44-40(42)43)35(60)46-16-30(55)53-32/h6-7,9-10,15,19-20,25-29,32,45H,5,8,11-14,16-18H2,1-4H3,(H2,41,58)(H,46,60)(H,47,63)(H,48,54)(H,49,59)(H,50,62)(H,51,64)(H,52,61)(H,53,55)(H,56,57)(H4,42,43,44)/t19-,20-,25-,26-,27-,28-,29-,32-/m0/s1. The summed E-state index contributed by atoms with van der Waals surface area (Å²) in [5.74, 6) is -10.3. The van der Waals surface area contributed by atoms with E-state index in [1.165, 1.54) is 13.8 Å². The van der Waals surface area contributed by atoms with Gasteiger partial charge in [0.05, 0.1) is 13.0 Å². The second-order valence-electron chi connectivity index (χ2n) is 15.5. The van der Waals surface area contributed by atoms with Gasteiger partial charge in [0.2, 0.25) is 53.2 Å². The molecule has 26 heteroatoms. The molecule has 9 amide bonds. The number of primary amides is 1. The van der Waals surface area contributed by atoms with E-state index in [1.54, 1.807) is 44.3 Å². The lowest BCUT2D eigenvalue weighted by Crippen LogP contribution is -2.60. The number of nitrogens with one attached hydrogen (secondary N) is 9. The summed E-state index contributed by atoms with van der Waals surface area (Å²) in [6, 6.07) is -2.62. The molecule has 0 radical (unpaired) electrons. The van der Waals surface area contributed by atoms with Gasteiger partial charge < -0.3 is 69.8 Å². The van der Waals surface area contributed by atoms with Crippen LogP contribution in [0, 0.1) is 5.92 Å². The highest BCUT2D eigenvalue weighted by Crippen LogP contribution is 2.24. The van der Waals surface area contributed by atoms with E-state index >= 15 is 0 Å². The molecule has 24 nitrogen and oxygen atoms in total. The minimum atomic E-state index is -1.78. The number of aromatic amines is 1. The lowest BCUT2D eigenvalue weighted by molar-refractivity contribution is -0.141. The van der Waals surface area contributed by atoms with Gasteiger partial charge >= 0.3 is 5.97 Å². The lowest BCUT2D eigenvalue weighted by Gasteiger charge is -2.28. The van der Waals surface area contributed by atoms with E-state index in [9.17, 15) is 53.1 Å². The Morgan fingerprint density at radius 1 is 0.833 bits per heavy atom. The fraction of sp³-hybridized carbons (Fsp3) is 0.525. The fourth-order valence-electron chi connectivity index (χ4n) is 6.44. The highest BCUT2D eigenvalue weighted by Gasteiger charge is 2.35. The van der Waals surface area contributed by atoms with Crippen molar-refractivity contribution in [2.45, 2.75) is 102 Å².